The second-order valence-corrected chi connectivity index (χ2v) is 9.07. The molecule has 0 unspecified atom stereocenters. The van der Waals surface area contributed by atoms with Crippen LogP contribution in [0.2, 0.25) is 0 Å². The van der Waals surface area contributed by atoms with E-state index in [4.69, 9.17) is 6.42 Å². The Kier molecular flexibility index (Phi) is 7.61. The first-order chi connectivity index (χ1) is 14.7. The topological polar surface area (TPSA) is 32.3 Å². The van der Waals surface area contributed by atoms with Crippen LogP contribution in [0.25, 0.3) is 0 Å². The third-order valence-electron chi connectivity index (χ3n) is 4.91. The summed E-state index contributed by atoms with van der Waals surface area (Å²) in [6, 6.07) is 6.28. The van der Waals surface area contributed by atoms with Crippen molar-refractivity contribution in [3.8, 4) is 12.3 Å². The minimum atomic E-state index is -4.43. The number of nitrogens with zero attached hydrogens (tertiary/aromatic N) is 1. The lowest BCUT2D eigenvalue weighted by Gasteiger charge is -2.26. The van der Waals surface area contributed by atoms with Crippen molar-refractivity contribution in [2.75, 3.05) is 16.8 Å². The van der Waals surface area contributed by atoms with E-state index in [0.29, 0.717) is 16.8 Å². The highest BCUT2D eigenvalue weighted by atomic mass is 19.4. The van der Waals surface area contributed by atoms with E-state index in [1.165, 1.54) is 12.1 Å². The van der Waals surface area contributed by atoms with Gasteiger partial charge in [-0.3, -0.25) is 4.79 Å². The van der Waals surface area contributed by atoms with Crippen LogP contribution in [-0.4, -0.2) is 12.5 Å². The maximum Gasteiger partial charge on any atom is 0.416 e. The van der Waals surface area contributed by atoms with Gasteiger partial charge in [0.25, 0.3) is 0 Å². The molecule has 0 spiro atoms. The fourth-order valence-corrected chi connectivity index (χ4v) is 3.38. The lowest BCUT2D eigenvalue weighted by Crippen LogP contribution is -2.25. The molecule has 0 radical (unpaired) electrons. The summed E-state index contributed by atoms with van der Waals surface area (Å²) in [7, 11) is 0. The quantitative estimate of drug-likeness (QED) is 0.405. The Balaban J connectivity index is 2.34. The third-order valence-corrected chi connectivity index (χ3v) is 4.91. The number of rotatable bonds is 6. The molecule has 0 aromatic heterocycles. The first-order valence-electron chi connectivity index (χ1n) is 10.2. The smallest absolute Gasteiger partial charge is 0.354 e. The normalized spacial score (nSPS) is 11.8. The van der Waals surface area contributed by atoms with Gasteiger partial charge in [0.1, 0.15) is 0 Å². The Hall–Kier alpha value is -3.01. The fourth-order valence-electron chi connectivity index (χ4n) is 3.38. The maximum absolute atomic E-state index is 15.3. The Labute approximate surface area is 186 Å². The number of terminal acetylenes is 1. The molecule has 2 aromatic rings. The molecule has 1 N–H and O–H groups in total. The number of alkyl halides is 3. The van der Waals surface area contributed by atoms with Crippen LogP contribution in [0, 0.1) is 37.4 Å². The number of anilines is 2. The average molecular weight is 449 g/mol. The molecule has 1 amide bonds. The van der Waals surface area contributed by atoms with Gasteiger partial charge in [-0.1, -0.05) is 38.8 Å². The summed E-state index contributed by atoms with van der Waals surface area (Å²) in [5.41, 5.74) is 1.17. The zero-order valence-electron chi connectivity index (χ0n) is 19.0. The molecule has 0 aliphatic carbocycles. The third kappa shape index (κ3) is 6.49. The summed E-state index contributed by atoms with van der Waals surface area (Å²) in [6.07, 6.45) is 1.32. The molecule has 2 aromatic carbocycles. The fraction of sp³-hybridized carbons (Fsp3) is 0.400. The van der Waals surface area contributed by atoms with Crippen molar-refractivity contribution in [2.45, 2.75) is 53.8 Å². The maximum atomic E-state index is 15.3. The summed E-state index contributed by atoms with van der Waals surface area (Å²) in [4.78, 5) is 13.9. The van der Waals surface area contributed by atoms with Crippen molar-refractivity contribution in [2.24, 2.45) is 5.41 Å². The second-order valence-electron chi connectivity index (χ2n) is 9.07. The SMILES string of the molecule is C#CCN(Cc1ccc(C(F)(F)F)cc1)c1cc(C)c(NC(=O)CC(C)(C)C)c(C)c1F. The zero-order valence-corrected chi connectivity index (χ0v) is 19.0. The van der Waals surface area contributed by atoms with E-state index < -0.39 is 17.6 Å². The van der Waals surface area contributed by atoms with Crippen molar-refractivity contribution in [1.82, 2.24) is 0 Å². The van der Waals surface area contributed by atoms with Gasteiger partial charge in [0.15, 0.2) is 5.82 Å². The minimum Gasteiger partial charge on any atom is -0.354 e. The van der Waals surface area contributed by atoms with Crippen LogP contribution in [-0.2, 0) is 17.5 Å². The Morgan fingerprint density at radius 2 is 1.72 bits per heavy atom. The number of nitrogens with one attached hydrogen (secondary N) is 1. The van der Waals surface area contributed by atoms with Gasteiger partial charge < -0.3 is 10.2 Å². The summed E-state index contributed by atoms with van der Waals surface area (Å²) in [6.45, 7) is 9.35. The summed E-state index contributed by atoms with van der Waals surface area (Å²) in [5.74, 6) is 1.72. The second kappa shape index (κ2) is 9.64. The van der Waals surface area contributed by atoms with E-state index in [-0.39, 0.29) is 42.1 Å². The van der Waals surface area contributed by atoms with Crippen LogP contribution in [0.1, 0.15) is 49.4 Å². The van der Waals surface area contributed by atoms with Crippen molar-refractivity contribution in [3.63, 3.8) is 0 Å². The highest BCUT2D eigenvalue weighted by Crippen LogP contribution is 2.33. The molecular formula is C25H28F4N2O. The Morgan fingerprint density at radius 1 is 1.12 bits per heavy atom. The number of halogens is 4. The number of aryl methyl sites for hydroxylation is 1. The molecule has 0 heterocycles. The van der Waals surface area contributed by atoms with Gasteiger partial charge in [-0.2, -0.15) is 13.2 Å². The molecular weight excluding hydrogens is 420 g/mol. The number of amides is 1. The lowest BCUT2D eigenvalue weighted by atomic mass is 9.92. The van der Waals surface area contributed by atoms with E-state index in [1.807, 2.05) is 20.8 Å². The number of carbonyl (C=O) groups excluding carboxylic acids is 1. The Morgan fingerprint density at radius 3 is 2.22 bits per heavy atom. The molecule has 0 fully saturated rings. The van der Waals surface area contributed by atoms with Crippen LogP contribution in [0.5, 0.6) is 0 Å². The van der Waals surface area contributed by atoms with Crippen molar-refractivity contribution in [3.05, 3.63) is 58.4 Å². The monoisotopic (exact) mass is 448 g/mol. The molecule has 32 heavy (non-hydrogen) atoms. The van der Waals surface area contributed by atoms with Crippen molar-refractivity contribution in [1.29, 1.82) is 0 Å². The minimum absolute atomic E-state index is 0.0621. The molecule has 172 valence electrons. The predicted molar refractivity (Wildman–Crippen MR) is 120 cm³/mol. The van der Waals surface area contributed by atoms with E-state index in [1.54, 1.807) is 24.8 Å². The predicted octanol–water partition coefficient (Wildman–Crippen LogP) is 6.48. The lowest BCUT2D eigenvalue weighted by molar-refractivity contribution is -0.137. The van der Waals surface area contributed by atoms with Crippen LogP contribution >= 0.6 is 0 Å². The average Bonchev–Trinajstić information content (AvgIpc) is 2.66. The van der Waals surface area contributed by atoms with E-state index in [9.17, 15) is 18.0 Å². The van der Waals surface area contributed by atoms with Crippen LogP contribution < -0.4 is 10.2 Å². The summed E-state index contributed by atoms with van der Waals surface area (Å²) in [5, 5.41) is 2.80. The van der Waals surface area contributed by atoms with Crippen molar-refractivity contribution < 1.29 is 22.4 Å². The molecule has 0 aliphatic heterocycles. The standard InChI is InChI=1S/C25H28F4N2O/c1-7-12-31(15-18-8-10-19(11-9-18)25(27,28)29)20-13-16(2)23(17(3)22(20)26)30-21(32)14-24(4,5)6/h1,8-11,13H,12,14-15H2,2-6H3,(H,30,32). The summed E-state index contributed by atoms with van der Waals surface area (Å²) >= 11 is 0. The van der Waals surface area contributed by atoms with Gasteiger partial charge in [0.05, 0.1) is 17.8 Å². The first-order valence-corrected chi connectivity index (χ1v) is 10.2. The molecule has 0 bridgehead atoms. The molecule has 7 heteroatoms. The highest BCUT2D eigenvalue weighted by molar-refractivity contribution is 5.93. The number of hydrogen-bond acceptors (Lipinski definition) is 2. The Bertz CT molecular complexity index is 1010. The van der Waals surface area contributed by atoms with Gasteiger partial charge in [-0.15, -0.1) is 6.42 Å². The molecule has 0 atom stereocenters. The van der Waals surface area contributed by atoms with Crippen molar-refractivity contribution >= 4 is 17.3 Å². The largest absolute Gasteiger partial charge is 0.416 e. The van der Waals surface area contributed by atoms with E-state index >= 15 is 4.39 Å². The molecule has 0 saturated carbocycles. The van der Waals surface area contributed by atoms with Crippen LogP contribution in [0.4, 0.5) is 28.9 Å². The van der Waals surface area contributed by atoms with E-state index in [2.05, 4.69) is 11.2 Å². The molecule has 0 aliphatic rings. The highest BCUT2D eigenvalue weighted by Gasteiger charge is 2.30. The van der Waals surface area contributed by atoms with Gasteiger partial charge in [0.2, 0.25) is 5.91 Å². The molecule has 2 rings (SSSR count). The number of carbonyl (C=O) groups is 1. The molecule has 0 saturated heterocycles. The van der Waals surface area contributed by atoms with Gasteiger partial charge in [-0.05, 0) is 48.6 Å². The van der Waals surface area contributed by atoms with Crippen LogP contribution in [0.15, 0.2) is 30.3 Å². The van der Waals surface area contributed by atoms with E-state index in [0.717, 1.165) is 12.1 Å². The van der Waals surface area contributed by atoms with Gasteiger partial charge >= 0.3 is 6.18 Å². The number of benzene rings is 2. The van der Waals surface area contributed by atoms with Crippen LogP contribution in [0.3, 0.4) is 0 Å². The first kappa shape index (κ1) is 25.3. The number of hydrogen-bond donors (Lipinski definition) is 1. The molecule has 3 nitrogen and oxygen atoms in total. The van der Waals surface area contributed by atoms with Gasteiger partial charge in [0, 0.05) is 24.2 Å². The van der Waals surface area contributed by atoms with Gasteiger partial charge in [-0.25, -0.2) is 4.39 Å². The zero-order chi connectivity index (χ0) is 24.3. The summed E-state index contributed by atoms with van der Waals surface area (Å²) < 4.78 is 53.8.